The van der Waals surface area contributed by atoms with Crippen molar-refractivity contribution >= 4 is 17.5 Å². The highest BCUT2D eigenvalue weighted by Crippen LogP contribution is 2.19. The summed E-state index contributed by atoms with van der Waals surface area (Å²) >= 11 is 0. The molecule has 1 unspecified atom stereocenters. The molecule has 2 heterocycles. The van der Waals surface area contributed by atoms with E-state index in [0.29, 0.717) is 6.54 Å². The summed E-state index contributed by atoms with van der Waals surface area (Å²) in [6.07, 6.45) is 0.767. The maximum atomic E-state index is 11.3. The van der Waals surface area contributed by atoms with Gasteiger partial charge in [0.15, 0.2) is 0 Å². The number of carbonyl (C=O) groups excluding carboxylic acids is 1. The van der Waals surface area contributed by atoms with Gasteiger partial charge < -0.3 is 20.3 Å². The Kier molecular flexibility index (Phi) is 4.38. The third-order valence-corrected chi connectivity index (χ3v) is 4.45. The SMILES string of the molecule is CN1CC(CCN2CCN(c3ccc(N)cc3)CC2)OC1=O. The molecule has 0 radical (unpaired) electrons. The van der Waals surface area contributed by atoms with Gasteiger partial charge in [-0.1, -0.05) is 0 Å². The van der Waals surface area contributed by atoms with Crippen LogP contribution in [0.2, 0.25) is 0 Å². The van der Waals surface area contributed by atoms with Gasteiger partial charge in [0, 0.05) is 51.1 Å². The highest BCUT2D eigenvalue weighted by molar-refractivity contribution is 5.69. The minimum atomic E-state index is -0.196. The Balaban J connectivity index is 1.42. The molecule has 2 saturated heterocycles. The zero-order valence-corrected chi connectivity index (χ0v) is 13.1. The largest absolute Gasteiger partial charge is 0.444 e. The molecule has 0 spiro atoms. The number of piperazine rings is 1. The average Bonchev–Trinajstić information content (AvgIpc) is 2.85. The number of hydrogen-bond acceptors (Lipinski definition) is 5. The monoisotopic (exact) mass is 304 g/mol. The molecule has 2 aliphatic heterocycles. The van der Waals surface area contributed by atoms with Gasteiger partial charge in [-0.25, -0.2) is 4.79 Å². The summed E-state index contributed by atoms with van der Waals surface area (Å²) in [6, 6.07) is 8.07. The molecule has 2 fully saturated rings. The fourth-order valence-electron chi connectivity index (χ4n) is 3.04. The third kappa shape index (κ3) is 3.44. The van der Waals surface area contributed by atoms with E-state index in [1.165, 1.54) is 5.69 Å². The van der Waals surface area contributed by atoms with E-state index in [1.807, 2.05) is 12.1 Å². The van der Waals surface area contributed by atoms with Crippen molar-refractivity contribution in [3.8, 4) is 0 Å². The second-order valence-corrected chi connectivity index (χ2v) is 6.10. The number of cyclic esters (lactones) is 1. The van der Waals surface area contributed by atoms with Crippen LogP contribution in [-0.4, -0.2) is 68.3 Å². The van der Waals surface area contributed by atoms with Crippen LogP contribution in [-0.2, 0) is 4.74 Å². The van der Waals surface area contributed by atoms with Crippen molar-refractivity contribution in [2.45, 2.75) is 12.5 Å². The maximum Gasteiger partial charge on any atom is 0.409 e. The van der Waals surface area contributed by atoms with Crippen molar-refractivity contribution in [2.24, 2.45) is 0 Å². The Hall–Kier alpha value is -1.95. The number of nitrogens with zero attached hydrogens (tertiary/aromatic N) is 3. The molecule has 1 amide bonds. The van der Waals surface area contributed by atoms with Gasteiger partial charge >= 0.3 is 6.09 Å². The van der Waals surface area contributed by atoms with E-state index >= 15 is 0 Å². The van der Waals surface area contributed by atoms with E-state index < -0.39 is 0 Å². The topological polar surface area (TPSA) is 62.0 Å². The summed E-state index contributed by atoms with van der Waals surface area (Å²) < 4.78 is 5.30. The molecule has 6 nitrogen and oxygen atoms in total. The number of nitrogen functional groups attached to an aromatic ring is 1. The summed E-state index contributed by atoms with van der Waals surface area (Å²) in [5.41, 5.74) is 7.77. The second-order valence-electron chi connectivity index (χ2n) is 6.10. The molecule has 2 aliphatic rings. The van der Waals surface area contributed by atoms with Crippen LogP contribution in [0.4, 0.5) is 16.2 Å². The quantitative estimate of drug-likeness (QED) is 0.848. The lowest BCUT2D eigenvalue weighted by Gasteiger charge is -2.36. The smallest absolute Gasteiger partial charge is 0.409 e. The molecule has 1 atom stereocenters. The lowest BCUT2D eigenvalue weighted by molar-refractivity contribution is 0.121. The van der Waals surface area contributed by atoms with Gasteiger partial charge in [-0.3, -0.25) is 4.90 Å². The molecule has 2 N–H and O–H groups in total. The van der Waals surface area contributed by atoms with Crippen molar-refractivity contribution in [1.82, 2.24) is 9.80 Å². The van der Waals surface area contributed by atoms with Crippen LogP contribution >= 0.6 is 0 Å². The van der Waals surface area contributed by atoms with Crippen LogP contribution in [0.15, 0.2) is 24.3 Å². The molecule has 3 rings (SSSR count). The predicted molar refractivity (Wildman–Crippen MR) is 87.0 cm³/mol. The molecule has 22 heavy (non-hydrogen) atoms. The molecule has 120 valence electrons. The van der Waals surface area contributed by atoms with Crippen molar-refractivity contribution in [3.05, 3.63) is 24.3 Å². The standard InChI is InChI=1S/C16H24N4O2/c1-18-12-15(22-16(18)21)6-7-19-8-10-20(11-9-19)14-4-2-13(17)3-5-14/h2-5,15H,6-12,17H2,1H3. The summed E-state index contributed by atoms with van der Waals surface area (Å²) in [4.78, 5) is 17.8. The molecule has 1 aromatic carbocycles. The Bertz CT molecular complexity index is 511. The zero-order chi connectivity index (χ0) is 15.5. The normalized spacial score (nSPS) is 23.0. The molecule has 0 aromatic heterocycles. The van der Waals surface area contributed by atoms with Gasteiger partial charge in [0.05, 0.1) is 6.54 Å². The minimum Gasteiger partial charge on any atom is -0.444 e. The number of ether oxygens (including phenoxy) is 1. The lowest BCUT2D eigenvalue weighted by atomic mass is 10.2. The number of benzene rings is 1. The zero-order valence-electron chi connectivity index (χ0n) is 13.1. The van der Waals surface area contributed by atoms with E-state index in [9.17, 15) is 4.79 Å². The number of anilines is 2. The van der Waals surface area contributed by atoms with Crippen LogP contribution < -0.4 is 10.6 Å². The molecular formula is C16H24N4O2. The van der Waals surface area contributed by atoms with Crippen molar-refractivity contribution in [3.63, 3.8) is 0 Å². The molecular weight excluding hydrogens is 280 g/mol. The molecule has 0 aliphatic carbocycles. The molecule has 1 aromatic rings. The number of carbonyl (C=O) groups is 1. The van der Waals surface area contributed by atoms with Crippen LogP contribution in [0.3, 0.4) is 0 Å². The molecule has 6 heteroatoms. The van der Waals surface area contributed by atoms with Crippen molar-refractivity contribution < 1.29 is 9.53 Å². The molecule has 0 bridgehead atoms. The maximum absolute atomic E-state index is 11.3. The van der Waals surface area contributed by atoms with E-state index in [2.05, 4.69) is 21.9 Å². The van der Waals surface area contributed by atoms with Gasteiger partial charge in [-0.05, 0) is 30.7 Å². The number of likely N-dealkylation sites (N-methyl/N-ethyl adjacent to an activating group) is 1. The summed E-state index contributed by atoms with van der Waals surface area (Å²) in [7, 11) is 1.79. The second kappa shape index (κ2) is 6.44. The van der Waals surface area contributed by atoms with E-state index in [-0.39, 0.29) is 12.2 Å². The summed E-state index contributed by atoms with van der Waals surface area (Å²) in [5.74, 6) is 0. The summed E-state index contributed by atoms with van der Waals surface area (Å²) in [5, 5.41) is 0. The fraction of sp³-hybridized carbons (Fsp3) is 0.562. The average molecular weight is 304 g/mol. The van der Waals surface area contributed by atoms with Gasteiger partial charge in [-0.15, -0.1) is 0 Å². The summed E-state index contributed by atoms with van der Waals surface area (Å²) in [6.45, 7) is 5.83. The van der Waals surface area contributed by atoms with Crippen LogP contribution in [0.25, 0.3) is 0 Å². The minimum absolute atomic E-state index is 0.0487. The number of rotatable bonds is 4. The van der Waals surface area contributed by atoms with Crippen LogP contribution in [0.5, 0.6) is 0 Å². The van der Waals surface area contributed by atoms with Gasteiger partial charge in [-0.2, -0.15) is 0 Å². The van der Waals surface area contributed by atoms with Gasteiger partial charge in [0.2, 0.25) is 0 Å². The van der Waals surface area contributed by atoms with E-state index in [1.54, 1.807) is 11.9 Å². The number of hydrogen-bond donors (Lipinski definition) is 1. The van der Waals surface area contributed by atoms with Crippen LogP contribution in [0, 0.1) is 0 Å². The number of nitrogens with two attached hydrogens (primary N) is 1. The highest BCUT2D eigenvalue weighted by Gasteiger charge is 2.28. The van der Waals surface area contributed by atoms with Crippen molar-refractivity contribution in [1.29, 1.82) is 0 Å². The highest BCUT2D eigenvalue weighted by atomic mass is 16.6. The first-order chi connectivity index (χ1) is 10.6. The number of amides is 1. The van der Waals surface area contributed by atoms with E-state index in [0.717, 1.165) is 44.8 Å². The first-order valence-electron chi connectivity index (χ1n) is 7.86. The fourth-order valence-corrected chi connectivity index (χ4v) is 3.04. The molecule has 0 saturated carbocycles. The van der Waals surface area contributed by atoms with Crippen molar-refractivity contribution in [2.75, 3.05) is 56.9 Å². The van der Waals surface area contributed by atoms with Gasteiger partial charge in [0.1, 0.15) is 6.10 Å². The Morgan fingerprint density at radius 1 is 1.18 bits per heavy atom. The first kappa shape index (κ1) is 15.0. The lowest BCUT2D eigenvalue weighted by Crippen LogP contribution is -2.47. The third-order valence-electron chi connectivity index (χ3n) is 4.45. The Morgan fingerprint density at radius 3 is 2.45 bits per heavy atom. The van der Waals surface area contributed by atoms with Gasteiger partial charge in [0.25, 0.3) is 0 Å². The van der Waals surface area contributed by atoms with E-state index in [4.69, 9.17) is 10.5 Å². The Morgan fingerprint density at radius 2 is 1.86 bits per heavy atom. The first-order valence-corrected chi connectivity index (χ1v) is 7.86. The Labute approximate surface area is 131 Å². The predicted octanol–water partition coefficient (Wildman–Crippen LogP) is 1.23. The van der Waals surface area contributed by atoms with Crippen LogP contribution in [0.1, 0.15) is 6.42 Å².